The molecular weight excluding hydrogens is 320 g/mol. The van der Waals surface area contributed by atoms with Crippen LogP contribution in [0.4, 0.5) is 8.78 Å². The number of fused-ring (bicyclic) bond motifs is 1. The number of rotatable bonds is 4. The smallest absolute Gasteiger partial charge is 0.245 e. The molecule has 128 valence electrons. The molecule has 2 nitrogen and oxygen atoms in total. The summed E-state index contributed by atoms with van der Waals surface area (Å²) in [7, 11) is 0. The summed E-state index contributed by atoms with van der Waals surface area (Å²) in [4.78, 5) is 12.8. The van der Waals surface area contributed by atoms with Crippen LogP contribution in [0, 0.1) is 16.7 Å². The third-order valence-corrected chi connectivity index (χ3v) is 4.92. The molecule has 25 heavy (non-hydrogen) atoms. The zero-order chi connectivity index (χ0) is 18.2. The van der Waals surface area contributed by atoms with Crippen molar-refractivity contribution in [3.63, 3.8) is 0 Å². The maximum absolute atomic E-state index is 13.2. The summed E-state index contributed by atoms with van der Waals surface area (Å²) in [6.45, 7) is 2.67. The molecule has 1 unspecified atom stereocenters. The minimum Gasteiger partial charge on any atom is -0.294 e. The van der Waals surface area contributed by atoms with Crippen molar-refractivity contribution in [2.75, 3.05) is 0 Å². The largest absolute Gasteiger partial charge is 0.294 e. The van der Waals surface area contributed by atoms with Crippen LogP contribution in [0.1, 0.15) is 48.2 Å². The first-order valence-electron chi connectivity index (χ1n) is 8.28. The number of hydrogen-bond acceptors (Lipinski definition) is 2. The second-order valence-corrected chi connectivity index (χ2v) is 7.20. The van der Waals surface area contributed by atoms with Crippen molar-refractivity contribution in [2.45, 2.75) is 39.0 Å². The van der Waals surface area contributed by atoms with Gasteiger partial charge in [-0.05, 0) is 54.7 Å². The zero-order valence-corrected chi connectivity index (χ0v) is 14.3. The van der Waals surface area contributed by atoms with Gasteiger partial charge in [-0.15, -0.1) is 0 Å². The molecule has 0 amide bonds. The summed E-state index contributed by atoms with van der Waals surface area (Å²) >= 11 is 0. The van der Waals surface area contributed by atoms with E-state index in [0.29, 0.717) is 17.5 Å². The minimum atomic E-state index is -2.76. The lowest BCUT2D eigenvalue weighted by Crippen LogP contribution is -2.26. The third-order valence-electron chi connectivity index (χ3n) is 4.92. The number of carbonyl (C=O) groups is 1. The highest BCUT2D eigenvalue weighted by atomic mass is 19.3. The van der Waals surface area contributed by atoms with E-state index in [0.717, 1.165) is 23.6 Å². The fourth-order valence-electron chi connectivity index (χ4n) is 3.41. The number of benzene rings is 2. The van der Waals surface area contributed by atoms with E-state index in [9.17, 15) is 13.6 Å². The summed E-state index contributed by atoms with van der Waals surface area (Å²) in [5, 5.41) is 9.03. The number of hydrogen-bond donors (Lipinski definition) is 0. The molecule has 0 spiro atoms. The average Bonchev–Trinajstić information content (AvgIpc) is 2.84. The number of alkyl halides is 2. The predicted octanol–water partition coefficient (Wildman–Crippen LogP) is 5.41. The van der Waals surface area contributed by atoms with E-state index in [1.807, 2.05) is 24.3 Å². The van der Waals surface area contributed by atoms with Gasteiger partial charge in [0.25, 0.3) is 0 Å². The van der Waals surface area contributed by atoms with Crippen LogP contribution in [-0.4, -0.2) is 11.7 Å². The Bertz CT molecular complexity index is 876. The Hall–Kier alpha value is -2.54. The molecule has 1 atom stereocenters. The molecule has 0 saturated heterocycles. The maximum atomic E-state index is 13.2. The van der Waals surface area contributed by atoms with Crippen molar-refractivity contribution in [2.24, 2.45) is 5.41 Å². The Balaban J connectivity index is 1.91. The first kappa shape index (κ1) is 17.3. The van der Waals surface area contributed by atoms with Crippen molar-refractivity contribution in [3.05, 3.63) is 59.2 Å². The molecule has 0 heterocycles. The van der Waals surface area contributed by atoms with Crippen LogP contribution in [0.5, 0.6) is 0 Å². The molecule has 0 saturated carbocycles. The van der Waals surface area contributed by atoms with Crippen LogP contribution >= 0.6 is 0 Å². The van der Waals surface area contributed by atoms with E-state index in [1.165, 1.54) is 0 Å². The number of Topliss-reactive ketones (excluding diaryl/α,β-unsaturated/α-hetero) is 1. The monoisotopic (exact) mass is 339 g/mol. The summed E-state index contributed by atoms with van der Waals surface area (Å²) in [6, 6.07) is 14.9. The topological polar surface area (TPSA) is 40.9 Å². The molecule has 0 fully saturated rings. The van der Waals surface area contributed by atoms with Crippen LogP contribution < -0.4 is 0 Å². The molecule has 1 aliphatic rings. The van der Waals surface area contributed by atoms with Crippen LogP contribution in [0.3, 0.4) is 0 Å². The van der Waals surface area contributed by atoms with E-state index >= 15 is 0 Å². The molecule has 0 aliphatic heterocycles. The summed E-state index contributed by atoms with van der Waals surface area (Å²) in [5.74, 6) is -2.83. The molecule has 4 heteroatoms. The van der Waals surface area contributed by atoms with Crippen LogP contribution in [0.2, 0.25) is 0 Å². The van der Waals surface area contributed by atoms with Crippen molar-refractivity contribution < 1.29 is 13.6 Å². The standard InChI is InChI=1S/C21H19F2NO/c1-20(8-9-21(2,22)23)12-17-7-6-16(11-18(17)19(20)25)15-5-3-4-14(10-15)13-24/h3-7,10-11H,8-9,12H2,1-2H3. The lowest BCUT2D eigenvalue weighted by atomic mass is 9.80. The SMILES string of the molecule is CC(F)(F)CCC1(C)Cc2ccc(-c3cccc(C#N)c3)cc2C1=O. The number of nitrogens with zero attached hydrogens (tertiary/aromatic N) is 1. The van der Waals surface area contributed by atoms with E-state index in [4.69, 9.17) is 5.26 Å². The van der Waals surface area contributed by atoms with Crippen LogP contribution in [0.15, 0.2) is 42.5 Å². The van der Waals surface area contributed by atoms with E-state index < -0.39 is 11.3 Å². The van der Waals surface area contributed by atoms with E-state index in [1.54, 1.807) is 25.1 Å². The number of ketones is 1. The van der Waals surface area contributed by atoms with E-state index in [-0.39, 0.29) is 18.6 Å². The Morgan fingerprint density at radius 3 is 2.60 bits per heavy atom. The van der Waals surface area contributed by atoms with Gasteiger partial charge in [-0.1, -0.05) is 31.2 Å². The second-order valence-electron chi connectivity index (χ2n) is 7.20. The second kappa shape index (κ2) is 6.07. The molecule has 2 aromatic carbocycles. The fourth-order valence-corrected chi connectivity index (χ4v) is 3.41. The van der Waals surface area contributed by atoms with E-state index in [2.05, 4.69) is 6.07 Å². The van der Waals surface area contributed by atoms with Gasteiger partial charge in [0.05, 0.1) is 11.6 Å². The molecule has 0 bridgehead atoms. The molecule has 0 N–H and O–H groups in total. The average molecular weight is 339 g/mol. The van der Waals surface area contributed by atoms with Gasteiger partial charge in [-0.3, -0.25) is 4.79 Å². The lowest BCUT2D eigenvalue weighted by Gasteiger charge is -2.23. The first-order valence-corrected chi connectivity index (χ1v) is 8.28. The summed E-state index contributed by atoms with van der Waals surface area (Å²) in [6.07, 6.45) is 0.374. The normalized spacial score (nSPS) is 19.6. The van der Waals surface area contributed by atoms with Gasteiger partial charge in [0.1, 0.15) is 0 Å². The Kier molecular flexibility index (Phi) is 4.20. The zero-order valence-electron chi connectivity index (χ0n) is 14.3. The minimum absolute atomic E-state index is 0.0648. The van der Waals surface area contributed by atoms with Gasteiger partial charge in [0, 0.05) is 17.4 Å². The van der Waals surface area contributed by atoms with Crippen molar-refractivity contribution in [1.82, 2.24) is 0 Å². The fraction of sp³-hybridized carbons (Fsp3) is 0.333. The van der Waals surface area contributed by atoms with Crippen molar-refractivity contribution in [1.29, 1.82) is 5.26 Å². The summed E-state index contributed by atoms with van der Waals surface area (Å²) in [5.41, 5.74) is 3.03. The molecule has 2 aromatic rings. The highest BCUT2D eigenvalue weighted by Gasteiger charge is 2.42. The van der Waals surface area contributed by atoms with Gasteiger partial charge in [0.2, 0.25) is 5.92 Å². The van der Waals surface area contributed by atoms with Gasteiger partial charge in [-0.25, -0.2) is 8.78 Å². The number of carbonyl (C=O) groups excluding carboxylic acids is 1. The highest BCUT2D eigenvalue weighted by Crippen LogP contribution is 2.43. The third kappa shape index (κ3) is 3.46. The van der Waals surface area contributed by atoms with Crippen molar-refractivity contribution in [3.8, 4) is 17.2 Å². The molecule has 3 rings (SSSR count). The molecule has 0 radical (unpaired) electrons. The Morgan fingerprint density at radius 2 is 1.92 bits per heavy atom. The van der Waals surface area contributed by atoms with Crippen LogP contribution in [0.25, 0.3) is 11.1 Å². The molecule has 0 aromatic heterocycles. The predicted molar refractivity (Wildman–Crippen MR) is 92.6 cm³/mol. The van der Waals surface area contributed by atoms with Gasteiger partial charge in [0.15, 0.2) is 5.78 Å². The highest BCUT2D eigenvalue weighted by molar-refractivity contribution is 6.05. The maximum Gasteiger partial charge on any atom is 0.245 e. The number of nitriles is 1. The van der Waals surface area contributed by atoms with Gasteiger partial charge in [-0.2, -0.15) is 5.26 Å². The summed E-state index contributed by atoms with van der Waals surface area (Å²) < 4.78 is 26.4. The lowest BCUT2D eigenvalue weighted by molar-refractivity contribution is 0.00185. The van der Waals surface area contributed by atoms with Gasteiger partial charge >= 0.3 is 0 Å². The molecular formula is C21H19F2NO. The first-order chi connectivity index (χ1) is 11.7. The van der Waals surface area contributed by atoms with Gasteiger partial charge < -0.3 is 0 Å². The Labute approximate surface area is 146 Å². The quantitative estimate of drug-likeness (QED) is 0.748. The molecule has 1 aliphatic carbocycles. The van der Waals surface area contributed by atoms with Crippen molar-refractivity contribution >= 4 is 5.78 Å². The van der Waals surface area contributed by atoms with Crippen LogP contribution in [-0.2, 0) is 6.42 Å². The number of halogens is 2. The Morgan fingerprint density at radius 1 is 1.20 bits per heavy atom.